The van der Waals surface area contributed by atoms with Crippen LogP contribution in [0.3, 0.4) is 0 Å². The summed E-state index contributed by atoms with van der Waals surface area (Å²) in [4.78, 5) is 23.1. The van der Waals surface area contributed by atoms with Gasteiger partial charge in [-0.15, -0.1) is 0 Å². The van der Waals surface area contributed by atoms with Crippen molar-refractivity contribution in [3.8, 4) is 0 Å². The van der Waals surface area contributed by atoms with E-state index in [0.717, 1.165) is 32.4 Å². The van der Waals surface area contributed by atoms with Gasteiger partial charge in [0.25, 0.3) is 5.91 Å². The van der Waals surface area contributed by atoms with E-state index in [1.807, 2.05) is 6.07 Å². The molecule has 0 spiro atoms. The lowest BCUT2D eigenvalue weighted by atomic mass is 9.90. The number of anilines is 3. The van der Waals surface area contributed by atoms with Crippen LogP contribution in [0, 0.1) is 5.92 Å². The Bertz CT molecular complexity index is 1040. The molecule has 1 aliphatic rings. The maximum Gasteiger partial charge on any atom is 0.271 e. The highest BCUT2D eigenvalue weighted by Gasteiger charge is 2.23. The molecule has 160 valence electrons. The molecule has 4 N–H and O–H groups in total. The van der Waals surface area contributed by atoms with E-state index in [-0.39, 0.29) is 5.91 Å². The molecule has 1 fully saturated rings. The maximum absolute atomic E-state index is 12.4. The number of hydrogen-bond donors (Lipinski definition) is 3. The zero-order chi connectivity index (χ0) is 21.6. The van der Waals surface area contributed by atoms with Crippen LogP contribution in [0.25, 0.3) is 0 Å². The highest BCUT2D eigenvalue weighted by molar-refractivity contribution is 6.33. The van der Waals surface area contributed by atoms with Crippen LogP contribution in [0.1, 0.15) is 28.8 Å². The van der Waals surface area contributed by atoms with E-state index in [2.05, 4.69) is 50.0 Å². The quantitative estimate of drug-likeness (QED) is 0.507. The van der Waals surface area contributed by atoms with Crippen molar-refractivity contribution in [2.75, 3.05) is 29.1 Å². The van der Waals surface area contributed by atoms with Crippen molar-refractivity contribution >= 4 is 34.8 Å². The van der Waals surface area contributed by atoms with Crippen LogP contribution in [0.5, 0.6) is 0 Å². The molecule has 0 saturated carbocycles. The molecule has 1 aromatic heterocycles. The maximum atomic E-state index is 12.4. The minimum atomic E-state index is -0.369. The second kappa shape index (κ2) is 9.66. The van der Waals surface area contributed by atoms with Crippen molar-refractivity contribution in [3.63, 3.8) is 0 Å². The Labute approximate surface area is 186 Å². The first-order valence-corrected chi connectivity index (χ1v) is 10.7. The topological polar surface area (TPSA) is 96.2 Å². The molecule has 0 bridgehead atoms. The van der Waals surface area contributed by atoms with Gasteiger partial charge >= 0.3 is 0 Å². The number of rotatable bonds is 6. The summed E-state index contributed by atoms with van der Waals surface area (Å²) in [5.74, 6) is 1.32. The number of nitrogen functional groups attached to an aromatic ring is 1. The molecule has 1 aliphatic heterocycles. The van der Waals surface area contributed by atoms with E-state index < -0.39 is 0 Å². The molecule has 31 heavy (non-hydrogen) atoms. The number of benzene rings is 2. The number of hydrogen-bond acceptors (Lipinski definition) is 6. The first-order chi connectivity index (χ1) is 15.1. The van der Waals surface area contributed by atoms with Crippen molar-refractivity contribution in [2.45, 2.75) is 19.3 Å². The Kier molecular flexibility index (Phi) is 6.52. The molecule has 1 amide bonds. The van der Waals surface area contributed by atoms with Gasteiger partial charge in [-0.1, -0.05) is 54.1 Å². The summed E-state index contributed by atoms with van der Waals surface area (Å²) in [7, 11) is 0. The Morgan fingerprint density at radius 3 is 2.52 bits per heavy atom. The van der Waals surface area contributed by atoms with Crippen molar-refractivity contribution in [3.05, 3.63) is 77.1 Å². The summed E-state index contributed by atoms with van der Waals surface area (Å²) < 4.78 is 0. The van der Waals surface area contributed by atoms with E-state index in [9.17, 15) is 4.79 Å². The Morgan fingerprint density at radius 1 is 1.06 bits per heavy atom. The molecule has 2 heterocycles. The molecule has 8 heteroatoms. The molecule has 7 nitrogen and oxygen atoms in total. The van der Waals surface area contributed by atoms with Gasteiger partial charge in [0, 0.05) is 13.1 Å². The molecule has 1 saturated heterocycles. The number of nitrogens with two attached hydrogens (primary N) is 1. The zero-order valence-corrected chi connectivity index (χ0v) is 17.8. The predicted octanol–water partition coefficient (Wildman–Crippen LogP) is 3.93. The molecule has 0 radical (unpaired) electrons. The van der Waals surface area contributed by atoms with Crippen molar-refractivity contribution in [1.82, 2.24) is 15.4 Å². The molecule has 0 aliphatic carbocycles. The smallest absolute Gasteiger partial charge is 0.271 e. The molecule has 0 atom stereocenters. The van der Waals surface area contributed by atoms with Crippen LogP contribution in [0.4, 0.5) is 17.3 Å². The summed E-state index contributed by atoms with van der Waals surface area (Å²) in [6, 6.07) is 17.4. The van der Waals surface area contributed by atoms with Crippen LogP contribution >= 0.6 is 11.6 Å². The third-order valence-corrected chi connectivity index (χ3v) is 5.89. The number of carbonyl (C=O) groups is 1. The van der Waals surface area contributed by atoms with Crippen molar-refractivity contribution in [2.24, 2.45) is 5.92 Å². The molecular formula is C23H25ClN6O. The Hall–Kier alpha value is -3.32. The second-order valence-electron chi connectivity index (χ2n) is 7.64. The lowest BCUT2D eigenvalue weighted by molar-refractivity contribution is 0.0962. The number of piperidine rings is 1. The number of hydrazine groups is 1. The molecule has 4 rings (SSSR count). The van der Waals surface area contributed by atoms with Gasteiger partial charge in [0.2, 0.25) is 0 Å². The number of aromatic nitrogens is 2. The third-order valence-electron chi connectivity index (χ3n) is 5.56. The zero-order valence-electron chi connectivity index (χ0n) is 17.1. The van der Waals surface area contributed by atoms with Gasteiger partial charge in [0.15, 0.2) is 11.6 Å². The average Bonchev–Trinajstić information content (AvgIpc) is 2.80. The first-order valence-electron chi connectivity index (χ1n) is 10.3. The lowest BCUT2D eigenvalue weighted by Crippen LogP contribution is -2.36. The first kappa shape index (κ1) is 20.9. The van der Waals surface area contributed by atoms with Gasteiger partial charge in [-0.2, -0.15) is 0 Å². The largest absolute Gasteiger partial charge is 0.393 e. The monoisotopic (exact) mass is 436 g/mol. The summed E-state index contributed by atoms with van der Waals surface area (Å²) in [6.07, 6.45) is 4.69. The van der Waals surface area contributed by atoms with E-state index in [1.54, 1.807) is 24.3 Å². The van der Waals surface area contributed by atoms with E-state index in [4.69, 9.17) is 17.3 Å². The van der Waals surface area contributed by atoms with Crippen LogP contribution in [0.15, 0.2) is 60.9 Å². The fourth-order valence-corrected chi connectivity index (χ4v) is 4.08. The van der Waals surface area contributed by atoms with Crippen LogP contribution < -0.4 is 21.5 Å². The molecule has 0 unspecified atom stereocenters. The van der Waals surface area contributed by atoms with Crippen molar-refractivity contribution in [1.29, 1.82) is 0 Å². The second-order valence-corrected chi connectivity index (χ2v) is 8.05. The van der Waals surface area contributed by atoms with E-state index in [1.165, 1.54) is 11.9 Å². The molecule has 3 aromatic rings. The number of halogens is 1. The van der Waals surface area contributed by atoms with Crippen LogP contribution in [-0.2, 0) is 6.42 Å². The summed E-state index contributed by atoms with van der Waals surface area (Å²) >= 11 is 6.08. The fourth-order valence-electron chi connectivity index (χ4n) is 3.86. The number of nitrogens with one attached hydrogen (secondary N) is 2. The number of amides is 1. The minimum Gasteiger partial charge on any atom is -0.393 e. The van der Waals surface area contributed by atoms with Crippen molar-refractivity contribution < 1.29 is 4.79 Å². The number of carbonyl (C=O) groups excluding carboxylic acids is 1. The summed E-state index contributed by atoms with van der Waals surface area (Å²) in [5, 5.41) is 0.372. The van der Waals surface area contributed by atoms with Crippen LogP contribution in [-0.4, -0.2) is 29.0 Å². The Balaban J connectivity index is 1.37. The highest BCUT2D eigenvalue weighted by atomic mass is 35.5. The van der Waals surface area contributed by atoms with Gasteiger partial charge in [0.05, 0.1) is 10.6 Å². The van der Waals surface area contributed by atoms with Gasteiger partial charge in [-0.05, 0) is 42.9 Å². The van der Waals surface area contributed by atoms with Crippen LogP contribution in [0.2, 0.25) is 5.02 Å². The highest BCUT2D eigenvalue weighted by Crippen LogP contribution is 2.30. The third kappa shape index (κ3) is 5.06. The van der Waals surface area contributed by atoms with E-state index >= 15 is 0 Å². The van der Waals surface area contributed by atoms with Gasteiger partial charge in [-0.3, -0.25) is 15.6 Å². The fraction of sp³-hybridized carbons (Fsp3) is 0.261. The number of nitrogens with zero attached hydrogens (tertiary/aromatic N) is 3. The summed E-state index contributed by atoms with van der Waals surface area (Å²) in [6.45, 7) is 1.76. The van der Waals surface area contributed by atoms with E-state index in [0.29, 0.717) is 33.8 Å². The summed E-state index contributed by atoms with van der Waals surface area (Å²) in [5.41, 5.74) is 13.9. The standard InChI is InChI=1S/C23H25ClN6O/c24-19-9-5-4-8-18(19)23(31)29-28-21-20(25)22(27-15-26-21)30-12-10-17(11-13-30)14-16-6-2-1-3-7-16/h1-9,15,17H,10-14,25H2,(H,29,31)(H,26,27,28). The van der Waals surface area contributed by atoms with Gasteiger partial charge < -0.3 is 10.6 Å². The normalized spacial score (nSPS) is 14.3. The molecule has 2 aromatic carbocycles. The van der Waals surface area contributed by atoms with Gasteiger partial charge in [-0.25, -0.2) is 9.97 Å². The molecular weight excluding hydrogens is 412 g/mol. The minimum absolute atomic E-state index is 0.358. The average molecular weight is 437 g/mol. The Morgan fingerprint density at radius 2 is 1.77 bits per heavy atom. The lowest BCUT2D eigenvalue weighted by Gasteiger charge is -2.33. The SMILES string of the molecule is Nc1c(NNC(=O)c2ccccc2Cl)ncnc1N1CCC(Cc2ccccc2)CC1. The van der Waals surface area contributed by atoms with Gasteiger partial charge in [0.1, 0.15) is 12.0 Å². The predicted molar refractivity (Wildman–Crippen MR) is 124 cm³/mol.